The average molecular weight is 308 g/mol. The Kier molecular flexibility index (Phi) is 4.71. The summed E-state index contributed by atoms with van der Waals surface area (Å²) in [7, 11) is 0. The van der Waals surface area contributed by atoms with E-state index in [2.05, 4.69) is 5.32 Å². The van der Waals surface area contributed by atoms with Gasteiger partial charge in [0.25, 0.3) is 0 Å². The molecule has 0 amide bonds. The van der Waals surface area contributed by atoms with Crippen molar-refractivity contribution >= 4 is 11.4 Å². The van der Waals surface area contributed by atoms with Crippen molar-refractivity contribution in [3.63, 3.8) is 0 Å². The summed E-state index contributed by atoms with van der Waals surface area (Å²) >= 11 is 0. The Labute approximate surface area is 130 Å². The van der Waals surface area contributed by atoms with Crippen molar-refractivity contribution in [2.24, 2.45) is 5.92 Å². The maximum atomic E-state index is 9.73. The van der Waals surface area contributed by atoms with Gasteiger partial charge < -0.3 is 30.4 Å². The number of nitrogen functional groups attached to an aromatic ring is 1. The molecule has 4 atom stereocenters. The maximum Gasteiger partial charge on any atom is 0.121 e. The molecule has 0 radical (unpaired) electrons. The minimum absolute atomic E-state index is 0.00216. The van der Waals surface area contributed by atoms with E-state index in [-0.39, 0.29) is 18.1 Å². The van der Waals surface area contributed by atoms with Crippen LogP contribution in [0.1, 0.15) is 13.3 Å². The van der Waals surface area contributed by atoms with Crippen molar-refractivity contribution in [2.75, 3.05) is 37.4 Å². The molecule has 3 rings (SSSR count). The van der Waals surface area contributed by atoms with Crippen LogP contribution in [-0.4, -0.2) is 49.8 Å². The van der Waals surface area contributed by atoms with E-state index in [0.717, 1.165) is 30.1 Å². The zero-order valence-corrected chi connectivity index (χ0v) is 12.8. The van der Waals surface area contributed by atoms with E-state index >= 15 is 0 Å². The minimum Gasteiger partial charge on any atom is -0.494 e. The first-order valence-corrected chi connectivity index (χ1v) is 7.86. The van der Waals surface area contributed by atoms with Crippen molar-refractivity contribution in [3.8, 4) is 5.75 Å². The largest absolute Gasteiger partial charge is 0.494 e. The molecule has 122 valence electrons. The number of nitrogens with one attached hydrogen (secondary N) is 1. The molecule has 0 aliphatic carbocycles. The Bertz CT molecular complexity index is 511. The van der Waals surface area contributed by atoms with Crippen molar-refractivity contribution < 1.29 is 19.3 Å². The number of nitrogens with two attached hydrogens (primary N) is 1. The van der Waals surface area contributed by atoms with Crippen LogP contribution in [0.15, 0.2) is 18.2 Å². The topological polar surface area (TPSA) is 86.0 Å². The highest BCUT2D eigenvalue weighted by atomic mass is 16.6. The molecular formula is C16H24N2O4. The molecule has 0 bridgehead atoms. The van der Waals surface area contributed by atoms with Crippen LogP contribution in [0.25, 0.3) is 0 Å². The molecule has 0 saturated carbocycles. The van der Waals surface area contributed by atoms with Crippen LogP contribution in [0.4, 0.5) is 11.4 Å². The third-order valence-electron chi connectivity index (χ3n) is 4.28. The van der Waals surface area contributed by atoms with Crippen LogP contribution in [0, 0.1) is 5.92 Å². The molecule has 1 aromatic carbocycles. The number of aliphatic hydroxyl groups excluding tert-OH is 1. The molecule has 22 heavy (non-hydrogen) atoms. The molecule has 2 aliphatic rings. The summed E-state index contributed by atoms with van der Waals surface area (Å²) in [5.74, 6) is 1.08. The van der Waals surface area contributed by atoms with Gasteiger partial charge in [0.15, 0.2) is 0 Å². The molecule has 2 saturated heterocycles. The van der Waals surface area contributed by atoms with Crippen LogP contribution in [-0.2, 0) is 9.47 Å². The van der Waals surface area contributed by atoms with Gasteiger partial charge in [-0.05, 0) is 25.5 Å². The van der Waals surface area contributed by atoms with E-state index < -0.39 is 6.10 Å². The summed E-state index contributed by atoms with van der Waals surface area (Å²) in [6, 6.07) is 5.64. The summed E-state index contributed by atoms with van der Waals surface area (Å²) < 4.78 is 17.0. The highest BCUT2D eigenvalue weighted by Gasteiger charge is 2.46. The second-order valence-electron chi connectivity index (χ2n) is 5.84. The Morgan fingerprint density at radius 3 is 2.95 bits per heavy atom. The first-order chi connectivity index (χ1) is 10.7. The van der Waals surface area contributed by atoms with Gasteiger partial charge in [0.1, 0.15) is 18.0 Å². The van der Waals surface area contributed by atoms with E-state index in [4.69, 9.17) is 19.9 Å². The van der Waals surface area contributed by atoms with Crippen LogP contribution < -0.4 is 15.8 Å². The van der Waals surface area contributed by atoms with E-state index in [9.17, 15) is 5.11 Å². The fourth-order valence-corrected chi connectivity index (χ4v) is 3.10. The lowest BCUT2D eigenvalue weighted by molar-refractivity contribution is 0.0163. The average Bonchev–Trinajstić information content (AvgIpc) is 3.07. The molecule has 0 aromatic heterocycles. The first kappa shape index (κ1) is 15.4. The molecule has 2 heterocycles. The molecule has 4 N–H and O–H groups in total. The van der Waals surface area contributed by atoms with Gasteiger partial charge in [-0.3, -0.25) is 0 Å². The number of benzene rings is 1. The molecule has 4 unspecified atom stereocenters. The van der Waals surface area contributed by atoms with Gasteiger partial charge in [-0.15, -0.1) is 0 Å². The third-order valence-corrected chi connectivity index (χ3v) is 4.28. The Hall–Kier alpha value is -1.50. The minimum atomic E-state index is -0.490. The quantitative estimate of drug-likeness (QED) is 0.686. The van der Waals surface area contributed by atoms with Crippen molar-refractivity contribution in [1.29, 1.82) is 0 Å². The van der Waals surface area contributed by atoms with Crippen molar-refractivity contribution in [1.82, 2.24) is 0 Å². The Balaban J connectivity index is 1.50. The van der Waals surface area contributed by atoms with Gasteiger partial charge in [-0.1, -0.05) is 0 Å². The van der Waals surface area contributed by atoms with Gasteiger partial charge in [0, 0.05) is 18.5 Å². The monoisotopic (exact) mass is 308 g/mol. The van der Waals surface area contributed by atoms with Crippen LogP contribution in [0.3, 0.4) is 0 Å². The van der Waals surface area contributed by atoms with E-state index in [1.54, 1.807) is 0 Å². The molecule has 6 heteroatoms. The fraction of sp³-hybridized carbons (Fsp3) is 0.625. The highest BCUT2D eigenvalue weighted by Crippen LogP contribution is 2.33. The van der Waals surface area contributed by atoms with Crippen LogP contribution >= 0.6 is 0 Å². The second-order valence-corrected chi connectivity index (χ2v) is 5.84. The molecule has 6 nitrogen and oxygen atoms in total. The zero-order valence-electron chi connectivity index (χ0n) is 12.8. The van der Waals surface area contributed by atoms with Gasteiger partial charge in [0.2, 0.25) is 0 Å². The standard InChI is InChI=1S/C16H24N2O4/c1-2-18-13-7-11(3-4-12(13)17)20-6-5-10-8-21-16-14(19)9-22-15(10)16/h3-4,7,10,14-16,18-19H,2,5-6,8-9,17H2,1H3. The summed E-state index contributed by atoms with van der Waals surface area (Å²) in [4.78, 5) is 0. The second kappa shape index (κ2) is 6.73. The predicted molar refractivity (Wildman–Crippen MR) is 84.1 cm³/mol. The number of aliphatic hydroxyl groups is 1. The maximum absolute atomic E-state index is 9.73. The summed E-state index contributed by atoms with van der Waals surface area (Å²) in [5.41, 5.74) is 7.51. The lowest BCUT2D eigenvalue weighted by Crippen LogP contribution is -2.29. The number of hydrogen-bond acceptors (Lipinski definition) is 6. The fourth-order valence-electron chi connectivity index (χ4n) is 3.10. The van der Waals surface area contributed by atoms with Gasteiger partial charge in [-0.25, -0.2) is 0 Å². The van der Waals surface area contributed by atoms with Crippen molar-refractivity contribution in [2.45, 2.75) is 31.7 Å². The Morgan fingerprint density at radius 1 is 1.32 bits per heavy atom. The number of rotatable bonds is 6. The van der Waals surface area contributed by atoms with Crippen LogP contribution in [0.5, 0.6) is 5.75 Å². The predicted octanol–water partition coefficient (Wildman–Crippen LogP) is 1.24. The first-order valence-electron chi connectivity index (χ1n) is 7.86. The van der Waals surface area contributed by atoms with E-state index in [1.807, 2.05) is 25.1 Å². The van der Waals surface area contributed by atoms with Crippen molar-refractivity contribution in [3.05, 3.63) is 18.2 Å². The smallest absolute Gasteiger partial charge is 0.121 e. The van der Waals surface area contributed by atoms with E-state index in [1.165, 1.54) is 0 Å². The summed E-state index contributed by atoms with van der Waals surface area (Å²) in [6.45, 7) is 4.43. The number of fused-ring (bicyclic) bond motifs is 1. The van der Waals surface area contributed by atoms with Gasteiger partial charge >= 0.3 is 0 Å². The number of hydrogen-bond donors (Lipinski definition) is 3. The molecule has 0 spiro atoms. The lowest BCUT2D eigenvalue weighted by Gasteiger charge is -2.16. The molecule has 2 aliphatic heterocycles. The van der Waals surface area contributed by atoms with Crippen LogP contribution in [0.2, 0.25) is 0 Å². The van der Waals surface area contributed by atoms with Gasteiger partial charge in [0.05, 0.1) is 37.3 Å². The molecule has 1 aromatic rings. The molecular weight excluding hydrogens is 284 g/mol. The zero-order chi connectivity index (χ0) is 15.5. The SMILES string of the molecule is CCNc1cc(OCCC2COC3C(O)COC23)ccc1N. The normalized spacial score (nSPS) is 30.3. The third kappa shape index (κ3) is 3.14. The summed E-state index contributed by atoms with van der Waals surface area (Å²) in [6.07, 6.45) is 0.189. The lowest BCUT2D eigenvalue weighted by atomic mass is 9.98. The number of ether oxygens (including phenoxy) is 3. The molecule has 2 fully saturated rings. The summed E-state index contributed by atoms with van der Waals surface area (Å²) in [5, 5.41) is 12.9. The number of anilines is 2. The van der Waals surface area contributed by atoms with E-state index in [0.29, 0.717) is 19.8 Å². The Morgan fingerprint density at radius 2 is 2.14 bits per heavy atom. The highest BCUT2D eigenvalue weighted by molar-refractivity contribution is 5.68. The van der Waals surface area contributed by atoms with Gasteiger partial charge in [-0.2, -0.15) is 0 Å².